The number of allylic oxidation sites excluding steroid dienone is 1. The van der Waals surface area contributed by atoms with E-state index in [2.05, 4.69) is 0 Å². The summed E-state index contributed by atoms with van der Waals surface area (Å²) in [5, 5.41) is -0.234. The van der Waals surface area contributed by atoms with Gasteiger partial charge in [-0.1, -0.05) is 18.2 Å². The maximum Gasteiger partial charge on any atom is 0.293 e. The fourth-order valence-corrected chi connectivity index (χ4v) is 3.02. The van der Waals surface area contributed by atoms with Crippen molar-refractivity contribution in [3.8, 4) is 5.75 Å². The number of benzene rings is 1. The lowest BCUT2D eigenvalue weighted by Crippen LogP contribution is -2.33. The Morgan fingerprint density at radius 2 is 1.96 bits per heavy atom. The van der Waals surface area contributed by atoms with Crippen LogP contribution in [0.15, 0.2) is 35.2 Å². The van der Waals surface area contributed by atoms with Crippen molar-refractivity contribution in [1.82, 2.24) is 4.90 Å². The topological polar surface area (TPSA) is 72.6 Å². The molecule has 126 valence electrons. The van der Waals surface area contributed by atoms with Crippen LogP contribution in [0.25, 0.3) is 0 Å². The van der Waals surface area contributed by atoms with E-state index in [0.717, 1.165) is 23.9 Å². The first kappa shape index (κ1) is 19.5. The van der Waals surface area contributed by atoms with Crippen LogP contribution < -0.4 is 10.5 Å². The normalized spacial score (nSPS) is 15.9. The van der Waals surface area contributed by atoms with Crippen molar-refractivity contribution in [2.45, 2.75) is 19.8 Å². The smallest absolute Gasteiger partial charge is 0.293 e. The number of hydrogen-bond acceptors (Lipinski definition) is 5. The molecule has 1 heterocycles. The molecule has 1 aromatic carbocycles. The van der Waals surface area contributed by atoms with E-state index in [1.165, 1.54) is 10.5 Å². The van der Waals surface area contributed by atoms with Crippen LogP contribution >= 0.6 is 24.2 Å². The van der Waals surface area contributed by atoms with Crippen LogP contribution in [0.4, 0.5) is 4.79 Å². The molecule has 2 N–H and O–H groups in total. The van der Waals surface area contributed by atoms with E-state index in [1.807, 2.05) is 37.3 Å². The molecule has 0 bridgehead atoms. The van der Waals surface area contributed by atoms with Gasteiger partial charge in [0, 0.05) is 13.1 Å². The van der Waals surface area contributed by atoms with E-state index < -0.39 is 0 Å². The minimum absolute atomic E-state index is 0. The van der Waals surface area contributed by atoms with Gasteiger partial charge in [0.1, 0.15) is 5.75 Å². The Bertz CT molecular complexity index is 575. The summed E-state index contributed by atoms with van der Waals surface area (Å²) in [4.78, 5) is 25.4. The number of carbonyl (C=O) groups excluding carboxylic acids is 2. The van der Waals surface area contributed by atoms with Gasteiger partial charge >= 0.3 is 0 Å². The first-order valence-corrected chi connectivity index (χ1v) is 8.13. The number of nitrogens with two attached hydrogens (primary N) is 1. The molecule has 0 aromatic heterocycles. The van der Waals surface area contributed by atoms with E-state index in [0.29, 0.717) is 17.9 Å². The second kappa shape index (κ2) is 9.60. The standard InChI is InChI=1S/C16H20N2O3S.ClH/c1-2-21-13-8-6-12(7-9-13)4-3-5-14-15(19)18(11-10-17)16(20)22-14;/h5-9H,2-4,10-11,17H2,1H3;1H/b14-5-;. The van der Waals surface area contributed by atoms with Crippen LogP contribution in [0.2, 0.25) is 0 Å². The van der Waals surface area contributed by atoms with Gasteiger partial charge in [-0.3, -0.25) is 14.5 Å². The van der Waals surface area contributed by atoms with Crippen molar-refractivity contribution >= 4 is 35.3 Å². The van der Waals surface area contributed by atoms with E-state index in [-0.39, 0.29) is 36.6 Å². The quantitative estimate of drug-likeness (QED) is 0.760. The molecule has 0 unspecified atom stereocenters. The van der Waals surface area contributed by atoms with Gasteiger partial charge in [-0.25, -0.2) is 0 Å². The third kappa shape index (κ3) is 5.27. The van der Waals surface area contributed by atoms with Crippen LogP contribution in [0.5, 0.6) is 5.75 Å². The molecule has 0 atom stereocenters. The first-order valence-electron chi connectivity index (χ1n) is 7.31. The fourth-order valence-electron chi connectivity index (χ4n) is 2.15. The van der Waals surface area contributed by atoms with E-state index in [9.17, 15) is 9.59 Å². The van der Waals surface area contributed by atoms with E-state index in [1.54, 1.807) is 0 Å². The third-order valence-corrected chi connectivity index (χ3v) is 4.18. The van der Waals surface area contributed by atoms with Crippen molar-refractivity contribution < 1.29 is 14.3 Å². The van der Waals surface area contributed by atoms with Crippen LogP contribution in [-0.2, 0) is 11.2 Å². The Labute approximate surface area is 146 Å². The highest BCUT2D eigenvalue weighted by Crippen LogP contribution is 2.30. The molecule has 1 aliphatic heterocycles. The van der Waals surface area contributed by atoms with Gasteiger partial charge in [0.2, 0.25) is 0 Å². The highest BCUT2D eigenvalue weighted by Gasteiger charge is 2.33. The van der Waals surface area contributed by atoms with Gasteiger partial charge in [0.05, 0.1) is 11.5 Å². The number of halogens is 1. The van der Waals surface area contributed by atoms with Crippen molar-refractivity contribution in [2.24, 2.45) is 5.73 Å². The lowest BCUT2D eigenvalue weighted by atomic mass is 10.1. The summed E-state index contributed by atoms with van der Waals surface area (Å²) in [6.07, 6.45) is 3.36. The van der Waals surface area contributed by atoms with Crippen molar-refractivity contribution in [2.75, 3.05) is 19.7 Å². The highest BCUT2D eigenvalue weighted by molar-refractivity contribution is 8.18. The Morgan fingerprint density at radius 3 is 2.57 bits per heavy atom. The number of aryl methyl sites for hydroxylation is 1. The minimum atomic E-state index is -0.234. The molecule has 2 amide bonds. The number of hydrogen-bond donors (Lipinski definition) is 1. The van der Waals surface area contributed by atoms with Crippen molar-refractivity contribution in [1.29, 1.82) is 0 Å². The summed E-state index contributed by atoms with van der Waals surface area (Å²) in [6.45, 7) is 3.17. The van der Waals surface area contributed by atoms with Gasteiger partial charge in [-0.15, -0.1) is 12.4 Å². The molecular formula is C16H21ClN2O3S. The molecule has 0 spiro atoms. The Morgan fingerprint density at radius 1 is 1.26 bits per heavy atom. The average molecular weight is 357 g/mol. The van der Waals surface area contributed by atoms with Gasteiger partial charge in [-0.05, 0) is 49.2 Å². The predicted molar refractivity (Wildman–Crippen MR) is 95.0 cm³/mol. The monoisotopic (exact) mass is 356 g/mol. The lowest BCUT2D eigenvalue weighted by molar-refractivity contribution is -0.122. The Hall–Kier alpha value is -1.50. The summed E-state index contributed by atoms with van der Waals surface area (Å²) in [5.41, 5.74) is 6.57. The zero-order valence-corrected chi connectivity index (χ0v) is 14.6. The number of thioether (sulfide) groups is 1. The van der Waals surface area contributed by atoms with Gasteiger partial charge in [0.25, 0.3) is 11.1 Å². The molecule has 0 saturated carbocycles. The SMILES string of the molecule is CCOc1ccc(CC/C=C2\SC(=O)N(CCN)C2=O)cc1.Cl. The van der Waals surface area contributed by atoms with Crippen molar-refractivity contribution in [3.05, 3.63) is 40.8 Å². The summed E-state index contributed by atoms with van der Waals surface area (Å²) < 4.78 is 5.39. The zero-order chi connectivity index (χ0) is 15.9. The number of amides is 2. The van der Waals surface area contributed by atoms with Crippen LogP contribution in [-0.4, -0.2) is 35.7 Å². The third-order valence-electron chi connectivity index (χ3n) is 3.22. The highest BCUT2D eigenvalue weighted by atomic mass is 35.5. The first-order chi connectivity index (χ1) is 10.7. The fraction of sp³-hybridized carbons (Fsp3) is 0.375. The predicted octanol–water partition coefficient (Wildman–Crippen LogP) is 2.98. The molecule has 0 aliphatic carbocycles. The molecule has 23 heavy (non-hydrogen) atoms. The second-order valence-corrected chi connectivity index (χ2v) is 5.79. The number of ether oxygens (including phenoxy) is 1. The van der Waals surface area contributed by atoms with Gasteiger partial charge < -0.3 is 10.5 Å². The van der Waals surface area contributed by atoms with Gasteiger partial charge in [0.15, 0.2) is 0 Å². The minimum Gasteiger partial charge on any atom is -0.494 e. The molecule has 7 heteroatoms. The molecule has 5 nitrogen and oxygen atoms in total. The molecular weight excluding hydrogens is 336 g/mol. The number of imide groups is 1. The van der Waals surface area contributed by atoms with Crippen LogP contribution in [0, 0.1) is 0 Å². The zero-order valence-electron chi connectivity index (χ0n) is 13.0. The van der Waals surface area contributed by atoms with E-state index in [4.69, 9.17) is 10.5 Å². The van der Waals surface area contributed by atoms with Crippen LogP contribution in [0.1, 0.15) is 18.9 Å². The molecule has 1 fully saturated rings. The molecule has 1 saturated heterocycles. The Balaban J connectivity index is 0.00000264. The summed E-state index contributed by atoms with van der Waals surface area (Å²) in [5.74, 6) is 0.626. The lowest BCUT2D eigenvalue weighted by Gasteiger charge is -2.09. The average Bonchev–Trinajstić information content (AvgIpc) is 2.77. The second-order valence-electron chi connectivity index (χ2n) is 4.80. The summed E-state index contributed by atoms with van der Waals surface area (Å²) >= 11 is 0.989. The van der Waals surface area contributed by atoms with Crippen molar-refractivity contribution in [3.63, 3.8) is 0 Å². The molecule has 2 rings (SSSR count). The number of carbonyl (C=O) groups is 2. The maximum absolute atomic E-state index is 12.0. The van der Waals surface area contributed by atoms with Crippen LogP contribution in [0.3, 0.4) is 0 Å². The number of nitrogens with zero attached hydrogens (tertiary/aromatic N) is 1. The number of rotatable bonds is 7. The van der Waals surface area contributed by atoms with E-state index >= 15 is 0 Å². The van der Waals surface area contributed by atoms with Gasteiger partial charge in [-0.2, -0.15) is 0 Å². The Kier molecular flexibility index (Phi) is 8.16. The summed E-state index contributed by atoms with van der Waals surface area (Å²) in [7, 11) is 0. The maximum atomic E-state index is 12.0. The molecule has 1 aromatic rings. The molecule has 1 aliphatic rings. The summed E-state index contributed by atoms with van der Waals surface area (Å²) in [6, 6.07) is 7.90. The largest absolute Gasteiger partial charge is 0.494 e. The molecule has 0 radical (unpaired) electrons.